The molecule has 0 bridgehead atoms. The van der Waals surface area contributed by atoms with E-state index >= 15 is 0 Å². The van der Waals surface area contributed by atoms with Crippen LogP contribution in [0.3, 0.4) is 0 Å². The number of ether oxygens (including phenoxy) is 1. The fourth-order valence-electron chi connectivity index (χ4n) is 2.11. The lowest BCUT2D eigenvalue weighted by molar-refractivity contribution is 0.0678. The molecule has 112 valence electrons. The van der Waals surface area contributed by atoms with Crippen LogP contribution in [0.5, 0.6) is 5.75 Å². The number of carbonyl (C=O) groups is 1. The van der Waals surface area contributed by atoms with E-state index in [2.05, 4.69) is 13.8 Å². The van der Waals surface area contributed by atoms with Gasteiger partial charge in [-0.25, -0.2) is 0 Å². The molecule has 0 aromatic heterocycles. The van der Waals surface area contributed by atoms with Crippen molar-refractivity contribution in [1.29, 1.82) is 0 Å². The summed E-state index contributed by atoms with van der Waals surface area (Å²) in [5.41, 5.74) is 6.98. The SMILES string of the molecule is CCOc1c(N)cccc1C(=O)N(CC(C)C)C(C)C. The van der Waals surface area contributed by atoms with Crippen molar-refractivity contribution in [3.63, 3.8) is 0 Å². The number of rotatable bonds is 6. The molecule has 0 radical (unpaired) electrons. The Morgan fingerprint density at radius 2 is 1.95 bits per heavy atom. The molecule has 2 N–H and O–H groups in total. The molecule has 0 spiro atoms. The average molecular weight is 278 g/mol. The number of nitrogen functional groups attached to an aromatic ring is 1. The monoisotopic (exact) mass is 278 g/mol. The van der Waals surface area contributed by atoms with Crippen molar-refractivity contribution < 1.29 is 9.53 Å². The molecule has 1 amide bonds. The van der Waals surface area contributed by atoms with Gasteiger partial charge in [-0.1, -0.05) is 19.9 Å². The summed E-state index contributed by atoms with van der Waals surface area (Å²) in [6, 6.07) is 5.46. The lowest BCUT2D eigenvalue weighted by Crippen LogP contribution is -2.39. The average Bonchev–Trinajstić information content (AvgIpc) is 2.37. The summed E-state index contributed by atoms with van der Waals surface area (Å²) in [4.78, 5) is 14.6. The Morgan fingerprint density at radius 1 is 1.30 bits per heavy atom. The summed E-state index contributed by atoms with van der Waals surface area (Å²) in [6.45, 7) is 11.3. The van der Waals surface area contributed by atoms with Gasteiger partial charge in [0.25, 0.3) is 5.91 Å². The van der Waals surface area contributed by atoms with Gasteiger partial charge in [-0.15, -0.1) is 0 Å². The van der Waals surface area contributed by atoms with Crippen LogP contribution in [-0.2, 0) is 0 Å². The van der Waals surface area contributed by atoms with Gasteiger partial charge in [-0.3, -0.25) is 4.79 Å². The number of nitrogens with two attached hydrogens (primary N) is 1. The lowest BCUT2D eigenvalue weighted by atomic mass is 10.1. The highest BCUT2D eigenvalue weighted by molar-refractivity contribution is 5.98. The first-order chi connectivity index (χ1) is 9.38. The molecule has 1 rings (SSSR count). The zero-order valence-electron chi connectivity index (χ0n) is 13.1. The van der Waals surface area contributed by atoms with Crippen molar-refractivity contribution in [2.45, 2.75) is 40.7 Å². The third-order valence-electron chi connectivity index (χ3n) is 3.01. The second kappa shape index (κ2) is 7.17. The molecule has 0 unspecified atom stereocenters. The molecule has 4 nitrogen and oxygen atoms in total. The Labute approximate surface area is 121 Å². The smallest absolute Gasteiger partial charge is 0.257 e. The highest BCUT2D eigenvalue weighted by atomic mass is 16.5. The maximum absolute atomic E-state index is 12.8. The van der Waals surface area contributed by atoms with Gasteiger partial charge in [0, 0.05) is 12.6 Å². The molecular weight excluding hydrogens is 252 g/mol. The van der Waals surface area contributed by atoms with E-state index in [0.717, 1.165) is 6.54 Å². The Hall–Kier alpha value is -1.71. The number of para-hydroxylation sites is 1. The van der Waals surface area contributed by atoms with Gasteiger partial charge < -0.3 is 15.4 Å². The third-order valence-corrected chi connectivity index (χ3v) is 3.01. The second-order valence-corrected chi connectivity index (χ2v) is 5.60. The molecule has 0 aliphatic heterocycles. The molecule has 0 saturated carbocycles. The highest BCUT2D eigenvalue weighted by Gasteiger charge is 2.23. The molecule has 4 heteroatoms. The number of benzene rings is 1. The molecule has 0 heterocycles. The largest absolute Gasteiger partial charge is 0.491 e. The van der Waals surface area contributed by atoms with Crippen molar-refractivity contribution in [1.82, 2.24) is 4.90 Å². The van der Waals surface area contributed by atoms with Crippen LogP contribution in [0.15, 0.2) is 18.2 Å². The van der Waals surface area contributed by atoms with E-state index in [4.69, 9.17) is 10.5 Å². The van der Waals surface area contributed by atoms with Crippen LogP contribution in [0, 0.1) is 5.92 Å². The van der Waals surface area contributed by atoms with Gasteiger partial charge in [-0.05, 0) is 38.8 Å². The highest BCUT2D eigenvalue weighted by Crippen LogP contribution is 2.28. The zero-order chi connectivity index (χ0) is 15.3. The Morgan fingerprint density at radius 3 is 2.45 bits per heavy atom. The summed E-state index contributed by atoms with van der Waals surface area (Å²) in [5, 5.41) is 0. The van der Waals surface area contributed by atoms with Crippen molar-refractivity contribution in [2.24, 2.45) is 5.92 Å². The van der Waals surface area contributed by atoms with E-state index in [-0.39, 0.29) is 11.9 Å². The first-order valence-corrected chi connectivity index (χ1v) is 7.20. The number of nitrogens with zero attached hydrogens (tertiary/aromatic N) is 1. The predicted octanol–water partition coefficient (Wildman–Crippen LogP) is 3.17. The summed E-state index contributed by atoms with van der Waals surface area (Å²) in [5.74, 6) is 0.886. The summed E-state index contributed by atoms with van der Waals surface area (Å²) in [6.07, 6.45) is 0. The van der Waals surface area contributed by atoms with Gasteiger partial charge in [0.1, 0.15) is 0 Å². The minimum Gasteiger partial charge on any atom is -0.491 e. The van der Waals surface area contributed by atoms with E-state index in [1.54, 1.807) is 18.2 Å². The molecule has 0 saturated heterocycles. The van der Waals surface area contributed by atoms with Crippen LogP contribution in [0.25, 0.3) is 0 Å². The molecule has 1 aromatic carbocycles. The van der Waals surface area contributed by atoms with Crippen molar-refractivity contribution in [3.8, 4) is 5.75 Å². The maximum Gasteiger partial charge on any atom is 0.257 e. The summed E-state index contributed by atoms with van der Waals surface area (Å²) >= 11 is 0. The van der Waals surface area contributed by atoms with E-state index in [9.17, 15) is 4.79 Å². The first kappa shape index (κ1) is 16.3. The van der Waals surface area contributed by atoms with Gasteiger partial charge >= 0.3 is 0 Å². The van der Waals surface area contributed by atoms with E-state index in [1.165, 1.54) is 0 Å². The number of hydrogen-bond acceptors (Lipinski definition) is 3. The number of hydrogen-bond donors (Lipinski definition) is 1. The molecular formula is C16H26N2O2. The van der Waals surface area contributed by atoms with Crippen molar-refractivity contribution in [2.75, 3.05) is 18.9 Å². The van der Waals surface area contributed by atoms with Crippen LogP contribution in [0.2, 0.25) is 0 Å². The Kier molecular flexibility index (Phi) is 5.86. The van der Waals surface area contributed by atoms with Crippen LogP contribution in [-0.4, -0.2) is 30.0 Å². The summed E-state index contributed by atoms with van der Waals surface area (Å²) in [7, 11) is 0. The van der Waals surface area contributed by atoms with Crippen molar-refractivity contribution in [3.05, 3.63) is 23.8 Å². The molecule has 0 aliphatic rings. The molecule has 1 aromatic rings. The number of carbonyl (C=O) groups excluding carboxylic acids is 1. The first-order valence-electron chi connectivity index (χ1n) is 7.20. The minimum absolute atomic E-state index is 0.0237. The van der Waals surface area contributed by atoms with Crippen LogP contribution in [0.4, 0.5) is 5.69 Å². The summed E-state index contributed by atoms with van der Waals surface area (Å²) < 4.78 is 5.55. The number of anilines is 1. The maximum atomic E-state index is 12.8. The standard InChI is InChI=1S/C16H26N2O2/c1-6-20-15-13(8-7-9-14(15)17)16(19)18(12(4)5)10-11(2)3/h7-9,11-12H,6,10,17H2,1-5H3. The van der Waals surface area contributed by atoms with E-state index < -0.39 is 0 Å². The van der Waals surface area contributed by atoms with Crippen LogP contribution in [0.1, 0.15) is 45.0 Å². The van der Waals surface area contributed by atoms with Gasteiger partial charge in [0.05, 0.1) is 17.9 Å². The van der Waals surface area contributed by atoms with Crippen LogP contribution >= 0.6 is 0 Å². The van der Waals surface area contributed by atoms with Gasteiger partial charge in [-0.2, -0.15) is 0 Å². The Balaban J connectivity index is 3.14. The van der Waals surface area contributed by atoms with Crippen LogP contribution < -0.4 is 10.5 Å². The fourth-order valence-corrected chi connectivity index (χ4v) is 2.11. The fraction of sp³-hybridized carbons (Fsp3) is 0.562. The van der Waals surface area contributed by atoms with Gasteiger partial charge in [0.15, 0.2) is 5.75 Å². The molecule has 0 aliphatic carbocycles. The lowest BCUT2D eigenvalue weighted by Gasteiger charge is -2.29. The predicted molar refractivity (Wildman–Crippen MR) is 83.0 cm³/mol. The molecule has 0 atom stereocenters. The Bertz CT molecular complexity index is 456. The molecule has 20 heavy (non-hydrogen) atoms. The zero-order valence-corrected chi connectivity index (χ0v) is 13.1. The quantitative estimate of drug-likeness (QED) is 0.813. The normalized spacial score (nSPS) is 10.9. The number of amides is 1. The van der Waals surface area contributed by atoms with E-state index in [1.807, 2.05) is 25.7 Å². The van der Waals surface area contributed by atoms with Gasteiger partial charge in [0.2, 0.25) is 0 Å². The van der Waals surface area contributed by atoms with E-state index in [0.29, 0.717) is 29.5 Å². The minimum atomic E-state index is -0.0237. The second-order valence-electron chi connectivity index (χ2n) is 5.60. The molecule has 0 fully saturated rings. The topological polar surface area (TPSA) is 55.6 Å². The third kappa shape index (κ3) is 3.89. The van der Waals surface area contributed by atoms with Crippen molar-refractivity contribution >= 4 is 11.6 Å².